The van der Waals surface area contributed by atoms with Gasteiger partial charge in [-0.2, -0.15) is 0 Å². The van der Waals surface area contributed by atoms with Crippen molar-refractivity contribution in [3.8, 4) is 0 Å². The highest BCUT2D eigenvalue weighted by Crippen LogP contribution is 2.51. The lowest BCUT2D eigenvalue weighted by Gasteiger charge is -2.21. The number of carbonyl (C=O) groups is 2. The van der Waals surface area contributed by atoms with E-state index >= 15 is 0 Å². The number of hydrogen-bond acceptors (Lipinski definition) is 4. The summed E-state index contributed by atoms with van der Waals surface area (Å²) < 4.78 is 10.8. The Morgan fingerprint density at radius 3 is 3.16 bits per heavy atom. The number of aliphatic carboxylic acids is 1. The summed E-state index contributed by atoms with van der Waals surface area (Å²) >= 11 is 0. The molecule has 0 radical (unpaired) electrons. The van der Waals surface area contributed by atoms with E-state index in [-0.39, 0.29) is 5.91 Å². The normalized spacial score (nSPS) is 39.1. The summed E-state index contributed by atoms with van der Waals surface area (Å²) in [5, 5.41) is 9.29. The van der Waals surface area contributed by atoms with Crippen LogP contribution in [0, 0.1) is 11.8 Å². The number of ether oxygens (including phenoxy) is 2. The monoisotopic (exact) mass is 267 g/mol. The van der Waals surface area contributed by atoms with Gasteiger partial charge in [-0.15, -0.1) is 0 Å². The van der Waals surface area contributed by atoms with Crippen LogP contribution in [0.5, 0.6) is 0 Å². The molecule has 0 aromatic rings. The number of amides is 1. The van der Waals surface area contributed by atoms with Crippen molar-refractivity contribution in [2.75, 3.05) is 26.8 Å². The maximum absolute atomic E-state index is 12.4. The van der Waals surface area contributed by atoms with Crippen LogP contribution in [-0.2, 0) is 19.1 Å². The van der Waals surface area contributed by atoms with E-state index in [0.29, 0.717) is 19.7 Å². The highest BCUT2D eigenvalue weighted by Gasteiger charge is 2.66. The van der Waals surface area contributed by atoms with E-state index in [2.05, 4.69) is 0 Å². The van der Waals surface area contributed by atoms with Crippen LogP contribution >= 0.6 is 0 Å². The van der Waals surface area contributed by atoms with Crippen LogP contribution in [0.3, 0.4) is 0 Å². The molecular formula is C13H17NO5. The minimum Gasteiger partial charge on any atom is -0.481 e. The van der Waals surface area contributed by atoms with E-state index in [0.717, 1.165) is 6.42 Å². The van der Waals surface area contributed by atoms with Crippen LogP contribution < -0.4 is 0 Å². The van der Waals surface area contributed by atoms with Crippen molar-refractivity contribution in [3.63, 3.8) is 0 Å². The smallest absolute Gasteiger partial charge is 0.310 e. The summed E-state index contributed by atoms with van der Waals surface area (Å²) in [6.45, 7) is 1.62. The molecule has 2 bridgehead atoms. The first-order chi connectivity index (χ1) is 9.09. The molecule has 3 heterocycles. The van der Waals surface area contributed by atoms with Gasteiger partial charge in [-0.25, -0.2) is 0 Å². The Kier molecular flexibility index (Phi) is 2.87. The fourth-order valence-corrected chi connectivity index (χ4v) is 3.45. The van der Waals surface area contributed by atoms with Crippen molar-refractivity contribution in [1.82, 2.24) is 4.90 Å². The third-order valence-corrected chi connectivity index (χ3v) is 4.24. The van der Waals surface area contributed by atoms with E-state index < -0.39 is 29.5 Å². The van der Waals surface area contributed by atoms with Gasteiger partial charge in [0.1, 0.15) is 11.5 Å². The number of methoxy groups -OCH3 is 1. The van der Waals surface area contributed by atoms with Gasteiger partial charge < -0.3 is 19.5 Å². The Hall–Kier alpha value is -1.40. The largest absolute Gasteiger partial charge is 0.481 e. The van der Waals surface area contributed by atoms with E-state index in [9.17, 15) is 14.7 Å². The lowest BCUT2D eigenvalue weighted by atomic mass is 9.77. The first-order valence-corrected chi connectivity index (χ1v) is 6.47. The van der Waals surface area contributed by atoms with Crippen LogP contribution in [0.2, 0.25) is 0 Å². The van der Waals surface area contributed by atoms with Crippen molar-refractivity contribution < 1.29 is 24.2 Å². The Bertz CT molecular complexity index is 448. The molecule has 6 nitrogen and oxygen atoms in total. The van der Waals surface area contributed by atoms with E-state index in [4.69, 9.17) is 9.47 Å². The first kappa shape index (κ1) is 12.6. The Balaban J connectivity index is 1.79. The highest BCUT2D eigenvalue weighted by atomic mass is 16.5. The minimum absolute atomic E-state index is 0.102. The van der Waals surface area contributed by atoms with Gasteiger partial charge in [0.15, 0.2) is 0 Å². The zero-order valence-corrected chi connectivity index (χ0v) is 10.7. The molecule has 0 aromatic heterocycles. The lowest BCUT2D eigenvalue weighted by molar-refractivity contribution is -0.148. The third kappa shape index (κ3) is 1.70. The lowest BCUT2D eigenvalue weighted by Crippen LogP contribution is -2.39. The molecule has 0 aliphatic carbocycles. The maximum Gasteiger partial charge on any atom is 0.310 e. The number of likely N-dealkylation sites (tertiary alicyclic amines) is 1. The van der Waals surface area contributed by atoms with Crippen molar-refractivity contribution in [2.45, 2.75) is 18.1 Å². The average Bonchev–Trinajstić information content (AvgIpc) is 2.99. The van der Waals surface area contributed by atoms with Crippen LogP contribution in [-0.4, -0.2) is 60.4 Å². The molecule has 1 spiro atoms. The first-order valence-electron chi connectivity index (χ1n) is 6.47. The molecule has 0 aromatic carbocycles. The topological polar surface area (TPSA) is 76.1 Å². The third-order valence-electron chi connectivity index (χ3n) is 4.24. The van der Waals surface area contributed by atoms with Crippen LogP contribution in [0.4, 0.5) is 0 Å². The van der Waals surface area contributed by atoms with Crippen molar-refractivity contribution in [1.29, 1.82) is 0 Å². The number of nitrogens with zero attached hydrogens (tertiary/aromatic N) is 1. The summed E-state index contributed by atoms with van der Waals surface area (Å²) in [5.41, 5.74) is -0.710. The van der Waals surface area contributed by atoms with Gasteiger partial charge in [0, 0.05) is 20.3 Å². The fraction of sp³-hybridized carbons (Fsp3) is 0.692. The quantitative estimate of drug-likeness (QED) is 0.555. The van der Waals surface area contributed by atoms with Crippen LogP contribution in [0.25, 0.3) is 0 Å². The van der Waals surface area contributed by atoms with Crippen LogP contribution in [0.1, 0.15) is 6.42 Å². The number of hydrogen-bond donors (Lipinski definition) is 1. The Morgan fingerprint density at radius 1 is 1.68 bits per heavy atom. The number of carboxylic acid groups (broad SMARTS) is 1. The molecule has 1 N–H and O–H groups in total. The predicted molar refractivity (Wildman–Crippen MR) is 64.4 cm³/mol. The zero-order valence-electron chi connectivity index (χ0n) is 10.7. The summed E-state index contributed by atoms with van der Waals surface area (Å²) in [5.74, 6) is -2.36. The highest BCUT2D eigenvalue weighted by molar-refractivity contribution is 5.90. The number of carbonyl (C=O) groups excluding carboxylic acids is 1. The summed E-state index contributed by atoms with van der Waals surface area (Å²) in [4.78, 5) is 25.4. The molecule has 6 heteroatoms. The van der Waals surface area contributed by atoms with Gasteiger partial charge in [0.25, 0.3) is 0 Å². The van der Waals surface area contributed by atoms with E-state index in [1.54, 1.807) is 18.1 Å². The fourth-order valence-electron chi connectivity index (χ4n) is 3.45. The van der Waals surface area contributed by atoms with Gasteiger partial charge >= 0.3 is 5.97 Å². The second kappa shape index (κ2) is 4.31. The number of rotatable bonds is 5. The van der Waals surface area contributed by atoms with E-state index in [1.165, 1.54) is 0 Å². The summed E-state index contributed by atoms with van der Waals surface area (Å²) in [6, 6.07) is 0. The molecule has 19 heavy (non-hydrogen) atoms. The van der Waals surface area contributed by atoms with Crippen molar-refractivity contribution >= 4 is 11.9 Å². The summed E-state index contributed by atoms with van der Waals surface area (Å²) in [6.07, 6.45) is 3.94. The summed E-state index contributed by atoms with van der Waals surface area (Å²) in [7, 11) is 1.62. The average molecular weight is 267 g/mol. The Morgan fingerprint density at radius 2 is 2.47 bits per heavy atom. The molecule has 3 aliphatic heterocycles. The van der Waals surface area contributed by atoms with Crippen molar-refractivity contribution in [2.24, 2.45) is 11.8 Å². The van der Waals surface area contributed by atoms with Gasteiger partial charge in [0.2, 0.25) is 5.91 Å². The second-order valence-corrected chi connectivity index (χ2v) is 5.34. The second-order valence-electron chi connectivity index (χ2n) is 5.34. The molecule has 2 saturated heterocycles. The number of fused-ring (bicyclic) bond motifs is 1. The van der Waals surface area contributed by atoms with Crippen LogP contribution in [0.15, 0.2) is 12.2 Å². The van der Waals surface area contributed by atoms with Crippen molar-refractivity contribution in [3.05, 3.63) is 12.2 Å². The Labute approximate surface area is 111 Å². The zero-order chi connectivity index (χ0) is 13.6. The molecule has 2 fully saturated rings. The molecular weight excluding hydrogens is 250 g/mol. The molecule has 0 saturated carbocycles. The maximum atomic E-state index is 12.4. The van der Waals surface area contributed by atoms with E-state index in [1.807, 2.05) is 6.08 Å². The van der Waals surface area contributed by atoms with Gasteiger partial charge in [-0.1, -0.05) is 12.2 Å². The molecule has 3 rings (SSSR count). The minimum atomic E-state index is -0.951. The van der Waals surface area contributed by atoms with Gasteiger partial charge in [-0.3, -0.25) is 9.59 Å². The predicted octanol–water partition coefficient (Wildman–Crippen LogP) is -0.111. The molecule has 1 amide bonds. The molecule has 3 aliphatic rings. The number of carboxylic acids is 1. The SMILES string of the molecule is COCCCN1C[C@]23C=C[C@H](O2)C(C(=O)O)C3C1=O. The standard InChI is InChI=1S/C13H17NO5/c1-18-6-2-5-14-7-13-4-3-8(19-13)9(12(16)17)10(13)11(14)15/h3-4,8-10H,2,5-7H2,1H3,(H,16,17)/t8-,9?,10?,13-/m0/s1. The molecule has 2 unspecified atom stereocenters. The molecule has 4 atom stereocenters. The van der Waals surface area contributed by atoms with Gasteiger partial charge in [0.05, 0.1) is 18.6 Å². The van der Waals surface area contributed by atoms with Gasteiger partial charge in [-0.05, 0) is 6.42 Å². The molecule has 104 valence electrons.